The number of carbonyl (C=O) groups excluding carboxylic acids is 1. The SMILES string of the molecule is Cc1ccc(NS(=O)(=O)c2cccc(C(=O)NC(CN3CCN(C)CC3)c3ccccc3)c2)cc1. The Morgan fingerprint density at radius 1 is 0.914 bits per heavy atom. The summed E-state index contributed by atoms with van der Waals surface area (Å²) < 4.78 is 28.5. The van der Waals surface area contributed by atoms with Crippen LogP contribution in [0.2, 0.25) is 0 Å². The van der Waals surface area contributed by atoms with Crippen molar-refractivity contribution < 1.29 is 13.2 Å². The molecular formula is C27H32N4O3S. The number of amides is 1. The first-order valence-corrected chi connectivity index (χ1v) is 13.2. The van der Waals surface area contributed by atoms with Crippen LogP contribution in [-0.2, 0) is 10.0 Å². The van der Waals surface area contributed by atoms with Gasteiger partial charge in [-0.2, -0.15) is 0 Å². The van der Waals surface area contributed by atoms with Crippen LogP contribution in [0.1, 0.15) is 27.5 Å². The number of hydrogen-bond acceptors (Lipinski definition) is 5. The number of sulfonamides is 1. The molecule has 0 aromatic heterocycles. The predicted molar refractivity (Wildman–Crippen MR) is 139 cm³/mol. The van der Waals surface area contributed by atoms with Crippen molar-refractivity contribution in [2.45, 2.75) is 17.9 Å². The Morgan fingerprint density at radius 3 is 2.29 bits per heavy atom. The van der Waals surface area contributed by atoms with Gasteiger partial charge in [0.25, 0.3) is 15.9 Å². The first-order valence-electron chi connectivity index (χ1n) is 11.8. The average Bonchev–Trinajstić information content (AvgIpc) is 2.87. The van der Waals surface area contributed by atoms with Crippen LogP contribution in [0, 0.1) is 6.92 Å². The summed E-state index contributed by atoms with van der Waals surface area (Å²) in [6.45, 7) is 6.48. The van der Waals surface area contributed by atoms with Crippen LogP contribution in [0.4, 0.5) is 5.69 Å². The topological polar surface area (TPSA) is 81.7 Å². The zero-order chi connectivity index (χ0) is 24.8. The number of nitrogens with one attached hydrogen (secondary N) is 2. The van der Waals surface area contributed by atoms with Gasteiger partial charge in [0.1, 0.15) is 0 Å². The second-order valence-electron chi connectivity index (χ2n) is 9.04. The molecule has 0 bridgehead atoms. The molecular weight excluding hydrogens is 460 g/mol. The Bertz CT molecular complexity index is 1240. The maximum Gasteiger partial charge on any atom is 0.261 e. The highest BCUT2D eigenvalue weighted by atomic mass is 32.2. The Hall–Kier alpha value is -3.20. The standard InChI is InChI=1S/C27H32N4O3S/c1-21-11-13-24(14-12-21)29-35(33,34)25-10-6-9-23(19-25)27(32)28-26(22-7-4-3-5-8-22)20-31-17-15-30(2)16-18-31/h3-14,19,26,29H,15-18,20H2,1-2H3,(H,28,32). The lowest BCUT2D eigenvalue weighted by molar-refractivity contribution is 0.0907. The molecule has 1 aliphatic rings. The molecule has 3 aromatic carbocycles. The number of anilines is 1. The molecule has 1 saturated heterocycles. The van der Waals surface area contributed by atoms with Gasteiger partial charge in [-0.15, -0.1) is 0 Å². The summed E-state index contributed by atoms with van der Waals surface area (Å²) in [7, 11) is -1.72. The number of piperazine rings is 1. The third-order valence-corrected chi connectivity index (χ3v) is 7.63. The largest absolute Gasteiger partial charge is 0.344 e. The van der Waals surface area contributed by atoms with Gasteiger partial charge in [-0.3, -0.25) is 14.4 Å². The number of aryl methyl sites for hydroxylation is 1. The molecule has 8 heteroatoms. The number of hydrogen-bond donors (Lipinski definition) is 2. The quantitative estimate of drug-likeness (QED) is 0.503. The van der Waals surface area contributed by atoms with Crippen LogP contribution in [0.15, 0.2) is 83.8 Å². The van der Waals surface area contributed by atoms with Crippen molar-refractivity contribution in [3.63, 3.8) is 0 Å². The summed E-state index contributed by atoms with van der Waals surface area (Å²) in [5.41, 5.74) is 2.83. The Morgan fingerprint density at radius 2 is 1.60 bits per heavy atom. The van der Waals surface area contributed by atoms with Gasteiger partial charge < -0.3 is 10.2 Å². The molecule has 2 N–H and O–H groups in total. The van der Waals surface area contributed by atoms with Gasteiger partial charge in [-0.25, -0.2) is 8.42 Å². The van der Waals surface area contributed by atoms with E-state index in [-0.39, 0.29) is 16.8 Å². The summed E-state index contributed by atoms with van der Waals surface area (Å²) in [5.74, 6) is -0.305. The lowest BCUT2D eigenvalue weighted by Crippen LogP contribution is -2.47. The molecule has 3 aromatic rings. The highest BCUT2D eigenvalue weighted by Crippen LogP contribution is 2.20. The highest BCUT2D eigenvalue weighted by Gasteiger charge is 2.23. The van der Waals surface area contributed by atoms with E-state index in [1.165, 1.54) is 12.1 Å². The second-order valence-corrected chi connectivity index (χ2v) is 10.7. The molecule has 0 aliphatic carbocycles. The average molecular weight is 493 g/mol. The fourth-order valence-electron chi connectivity index (χ4n) is 4.09. The molecule has 0 saturated carbocycles. The molecule has 1 atom stereocenters. The molecule has 1 unspecified atom stereocenters. The molecule has 4 rings (SSSR count). The molecule has 1 amide bonds. The number of carbonyl (C=O) groups is 1. The molecule has 0 spiro atoms. The van der Waals surface area contributed by atoms with Crippen LogP contribution in [0.5, 0.6) is 0 Å². The van der Waals surface area contributed by atoms with Gasteiger partial charge in [0.2, 0.25) is 0 Å². The van der Waals surface area contributed by atoms with Crippen molar-refractivity contribution >= 4 is 21.6 Å². The number of rotatable bonds is 8. The van der Waals surface area contributed by atoms with Crippen molar-refractivity contribution in [1.29, 1.82) is 0 Å². The van der Waals surface area contributed by atoms with Gasteiger partial charge in [0, 0.05) is 44.0 Å². The summed E-state index contributed by atoms with van der Waals surface area (Å²) in [4.78, 5) is 17.9. The van der Waals surface area contributed by atoms with Crippen molar-refractivity contribution in [1.82, 2.24) is 15.1 Å². The minimum Gasteiger partial charge on any atom is -0.344 e. The Kier molecular flexibility index (Phi) is 7.85. The van der Waals surface area contributed by atoms with E-state index in [2.05, 4.69) is 26.9 Å². The fraction of sp³-hybridized carbons (Fsp3) is 0.296. The van der Waals surface area contributed by atoms with E-state index >= 15 is 0 Å². The van der Waals surface area contributed by atoms with Crippen LogP contribution in [-0.4, -0.2) is 63.9 Å². The molecule has 0 radical (unpaired) electrons. The smallest absolute Gasteiger partial charge is 0.261 e. The van der Waals surface area contributed by atoms with Gasteiger partial charge >= 0.3 is 0 Å². The number of benzene rings is 3. The molecule has 1 fully saturated rings. The molecule has 184 valence electrons. The van der Waals surface area contributed by atoms with Gasteiger partial charge in [-0.1, -0.05) is 54.1 Å². The van der Waals surface area contributed by atoms with Crippen LogP contribution < -0.4 is 10.0 Å². The van der Waals surface area contributed by atoms with Crippen molar-refractivity contribution in [2.24, 2.45) is 0 Å². The number of likely N-dealkylation sites (N-methyl/N-ethyl adjacent to an activating group) is 1. The maximum atomic E-state index is 13.2. The van der Waals surface area contributed by atoms with E-state index in [0.29, 0.717) is 17.8 Å². The zero-order valence-corrected chi connectivity index (χ0v) is 21.0. The van der Waals surface area contributed by atoms with Gasteiger partial charge in [0.15, 0.2) is 0 Å². The Labute approximate surface area is 207 Å². The van der Waals surface area contributed by atoms with Crippen molar-refractivity contribution in [2.75, 3.05) is 44.5 Å². The van der Waals surface area contributed by atoms with E-state index in [0.717, 1.165) is 37.3 Å². The third-order valence-electron chi connectivity index (χ3n) is 6.25. The first kappa shape index (κ1) is 24.9. The van der Waals surface area contributed by atoms with Crippen molar-refractivity contribution in [3.05, 3.63) is 95.6 Å². The minimum absolute atomic E-state index is 0.0426. The van der Waals surface area contributed by atoms with Crippen molar-refractivity contribution in [3.8, 4) is 0 Å². The van der Waals surface area contributed by atoms with E-state index < -0.39 is 10.0 Å². The third kappa shape index (κ3) is 6.69. The van der Waals surface area contributed by atoms with E-state index in [4.69, 9.17) is 0 Å². The highest BCUT2D eigenvalue weighted by molar-refractivity contribution is 7.92. The minimum atomic E-state index is -3.83. The van der Waals surface area contributed by atoms with E-state index in [9.17, 15) is 13.2 Å². The lowest BCUT2D eigenvalue weighted by Gasteiger charge is -2.35. The maximum absolute atomic E-state index is 13.2. The fourth-order valence-corrected chi connectivity index (χ4v) is 5.19. The first-order chi connectivity index (χ1) is 16.8. The molecule has 7 nitrogen and oxygen atoms in total. The molecule has 1 heterocycles. The summed E-state index contributed by atoms with van der Waals surface area (Å²) in [6, 6.07) is 22.9. The van der Waals surface area contributed by atoms with Crippen LogP contribution >= 0.6 is 0 Å². The lowest BCUT2D eigenvalue weighted by atomic mass is 10.0. The molecule has 35 heavy (non-hydrogen) atoms. The second kappa shape index (κ2) is 11.0. The van der Waals surface area contributed by atoms with Crippen LogP contribution in [0.25, 0.3) is 0 Å². The normalized spacial score (nSPS) is 15.9. The van der Waals surface area contributed by atoms with E-state index in [1.807, 2.05) is 49.4 Å². The van der Waals surface area contributed by atoms with E-state index in [1.54, 1.807) is 24.3 Å². The summed E-state index contributed by atoms with van der Waals surface area (Å²) in [5, 5.41) is 3.13. The van der Waals surface area contributed by atoms with Gasteiger partial charge in [-0.05, 0) is 49.9 Å². The summed E-state index contributed by atoms with van der Waals surface area (Å²) >= 11 is 0. The van der Waals surface area contributed by atoms with Crippen LogP contribution in [0.3, 0.4) is 0 Å². The molecule has 1 aliphatic heterocycles. The zero-order valence-electron chi connectivity index (χ0n) is 20.1. The Balaban J connectivity index is 1.51. The van der Waals surface area contributed by atoms with Gasteiger partial charge in [0.05, 0.1) is 10.9 Å². The predicted octanol–water partition coefficient (Wildman–Crippen LogP) is 3.51. The summed E-state index contributed by atoms with van der Waals surface area (Å²) in [6.07, 6.45) is 0. The monoisotopic (exact) mass is 492 g/mol. The number of nitrogens with zero attached hydrogens (tertiary/aromatic N) is 2.